The van der Waals surface area contributed by atoms with E-state index in [9.17, 15) is 0 Å². The highest BCUT2D eigenvalue weighted by Gasteiger charge is 2.16. The fraction of sp³-hybridized carbons (Fsp3) is 0.806. The Labute approximate surface area is 207 Å². The summed E-state index contributed by atoms with van der Waals surface area (Å²) in [4.78, 5) is 0. The molecule has 0 aliphatic heterocycles. The molecule has 0 aromatic heterocycles. The zero-order chi connectivity index (χ0) is 24.2. The SMILES string of the molecule is CCCCCCCCCCCCCCCCNCC(C)(C)CCCOc1cc(C)ccc1C. The molecule has 0 unspecified atom stereocenters. The molecule has 0 aliphatic rings. The van der Waals surface area contributed by atoms with Crippen LogP contribution in [0.2, 0.25) is 0 Å². The third kappa shape index (κ3) is 17.1. The van der Waals surface area contributed by atoms with Crippen LogP contribution in [-0.4, -0.2) is 19.7 Å². The average Bonchev–Trinajstić information content (AvgIpc) is 2.78. The van der Waals surface area contributed by atoms with Crippen molar-refractivity contribution in [3.63, 3.8) is 0 Å². The third-order valence-corrected chi connectivity index (χ3v) is 6.91. The van der Waals surface area contributed by atoms with Crippen LogP contribution in [0, 0.1) is 19.3 Å². The summed E-state index contributed by atoms with van der Waals surface area (Å²) in [6.45, 7) is 14.4. The number of nitrogens with one attached hydrogen (secondary N) is 1. The second-order valence-electron chi connectivity index (χ2n) is 11.2. The second kappa shape index (κ2) is 19.3. The van der Waals surface area contributed by atoms with Gasteiger partial charge in [-0.05, 0) is 62.3 Å². The van der Waals surface area contributed by atoms with Gasteiger partial charge in [-0.3, -0.25) is 0 Å². The van der Waals surface area contributed by atoms with E-state index < -0.39 is 0 Å². The van der Waals surface area contributed by atoms with Crippen molar-refractivity contribution < 1.29 is 4.74 Å². The van der Waals surface area contributed by atoms with Gasteiger partial charge in [-0.2, -0.15) is 0 Å². The highest BCUT2D eigenvalue weighted by atomic mass is 16.5. The molecule has 0 spiro atoms. The van der Waals surface area contributed by atoms with E-state index in [4.69, 9.17) is 4.74 Å². The number of unbranched alkanes of at least 4 members (excludes halogenated alkanes) is 13. The van der Waals surface area contributed by atoms with Gasteiger partial charge in [0.25, 0.3) is 0 Å². The molecule has 0 saturated heterocycles. The first kappa shape index (κ1) is 30.0. The van der Waals surface area contributed by atoms with Crippen LogP contribution >= 0.6 is 0 Å². The topological polar surface area (TPSA) is 21.3 Å². The fourth-order valence-electron chi connectivity index (χ4n) is 4.56. The van der Waals surface area contributed by atoms with Gasteiger partial charge in [0.05, 0.1) is 6.61 Å². The van der Waals surface area contributed by atoms with E-state index in [1.54, 1.807) is 0 Å². The maximum atomic E-state index is 6.03. The molecular formula is C31H57NO. The Balaban J connectivity index is 1.88. The van der Waals surface area contributed by atoms with Crippen LogP contribution in [0.5, 0.6) is 5.75 Å². The first-order valence-corrected chi connectivity index (χ1v) is 14.4. The first-order valence-electron chi connectivity index (χ1n) is 14.4. The minimum absolute atomic E-state index is 0.334. The van der Waals surface area contributed by atoms with Crippen LogP contribution in [0.1, 0.15) is 135 Å². The van der Waals surface area contributed by atoms with Gasteiger partial charge in [0, 0.05) is 6.54 Å². The summed E-state index contributed by atoms with van der Waals surface area (Å²) in [5, 5.41) is 3.70. The van der Waals surface area contributed by atoms with Crippen molar-refractivity contribution in [2.75, 3.05) is 19.7 Å². The normalized spacial score (nSPS) is 11.8. The molecule has 1 aromatic rings. The van der Waals surface area contributed by atoms with E-state index in [1.165, 1.54) is 114 Å². The summed E-state index contributed by atoms with van der Waals surface area (Å²) in [6, 6.07) is 6.45. The molecule has 0 radical (unpaired) electrons. The molecule has 0 atom stereocenters. The highest BCUT2D eigenvalue weighted by molar-refractivity contribution is 5.35. The summed E-state index contributed by atoms with van der Waals surface area (Å²) in [7, 11) is 0. The van der Waals surface area contributed by atoms with Crippen LogP contribution in [0.25, 0.3) is 0 Å². The first-order chi connectivity index (χ1) is 15.9. The van der Waals surface area contributed by atoms with Crippen molar-refractivity contribution in [2.45, 2.75) is 137 Å². The quantitative estimate of drug-likeness (QED) is 0.174. The van der Waals surface area contributed by atoms with Gasteiger partial charge in [0.2, 0.25) is 0 Å². The molecule has 192 valence electrons. The highest BCUT2D eigenvalue weighted by Crippen LogP contribution is 2.23. The van der Waals surface area contributed by atoms with Gasteiger partial charge in [-0.1, -0.05) is 116 Å². The van der Waals surface area contributed by atoms with Crippen molar-refractivity contribution >= 4 is 0 Å². The van der Waals surface area contributed by atoms with Gasteiger partial charge >= 0.3 is 0 Å². The van der Waals surface area contributed by atoms with Crippen molar-refractivity contribution in [1.82, 2.24) is 5.32 Å². The predicted molar refractivity (Wildman–Crippen MR) is 148 cm³/mol. The maximum Gasteiger partial charge on any atom is 0.122 e. The largest absolute Gasteiger partial charge is 0.493 e. The second-order valence-corrected chi connectivity index (χ2v) is 11.2. The minimum atomic E-state index is 0.334. The molecule has 0 saturated carbocycles. The zero-order valence-corrected chi connectivity index (χ0v) is 23.1. The van der Waals surface area contributed by atoms with E-state index in [0.717, 1.165) is 25.3 Å². The maximum absolute atomic E-state index is 6.03. The van der Waals surface area contributed by atoms with Gasteiger partial charge in [-0.25, -0.2) is 0 Å². The van der Waals surface area contributed by atoms with Crippen LogP contribution in [-0.2, 0) is 0 Å². The van der Waals surface area contributed by atoms with Crippen molar-refractivity contribution in [1.29, 1.82) is 0 Å². The summed E-state index contributed by atoms with van der Waals surface area (Å²) < 4.78 is 6.03. The van der Waals surface area contributed by atoms with Gasteiger partial charge in [0.1, 0.15) is 5.75 Å². The number of aryl methyl sites for hydroxylation is 2. The standard InChI is InChI=1S/C31H57NO/c1-6-7-8-9-10-11-12-13-14-15-16-17-18-19-24-32-27-31(4,5)23-20-25-33-30-26-28(2)21-22-29(30)3/h21-22,26,32H,6-20,23-25,27H2,1-5H3. The number of hydrogen-bond donors (Lipinski definition) is 1. The third-order valence-electron chi connectivity index (χ3n) is 6.91. The van der Waals surface area contributed by atoms with Crippen LogP contribution in [0.4, 0.5) is 0 Å². The Kier molecular flexibility index (Phi) is 17.6. The van der Waals surface area contributed by atoms with Crippen molar-refractivity contribution in [3.8, 4) is 5.75 Å². The Morgan fingerprint density at radius 3 is 1.85 bits per heavy atom. The molecule has 33 heavy (non-hydrogen) atoms. The molecule has 2 heteroatoms. The fourth-order valence-corrected chi connectivity index (χ4v) is 4.56. The minimum Gasteiger partial charge on any atom is -0.493 e. The summed E-state index contributed by atoms with van der Waals surface area (Å²) >= 11 is 0. The Morgan fingerprint density at radius 1 is 0.727 bits per heavy atom. The molecule has 1 aromatic carbocycles. The zero-order valence-electron chi connectivity index (χ0n) is 23.1. The summed E-state index contributed by atoms with van der Waals surface area (Å²) in [6.07, 6.45) is 22.3. The van der Waals surface area contributed by atoms with E-state index in [0.29, 0.717) is 5.41 Å². The summed E-state index contributed by atoms with van der Waals surface area (Å²) in [5.74, 6) is 1.05. The van der Waals surface area contributed by atoms with Gasteiger partial charge < -0.3 is 10.1 Å². The number of benzene rings is 1. The van der Waals surface area contributed by atoms with Gasteiger partial charge in [-0.15, -0.1) is 0 Å². The lowest BCUT2D eigenvalue weighted by molar-refractivity contribution is 0.249. The molecule has 2 nitrogen and oxygen atoms in total. The van der Waals surface area contributed by atoms with Crippen molar-refractivity contribution in [2.24, 2.45) is 5.41 Å². The summed E-state index contributed by atoms with van der Waals surface area (Å²) in [5.41, 5.74) is 2.83. The lowest BCUT2D eigenvalue weighted by Gasteiger charge is -2.25. The monoisotopic (exact) mass is 459 g/mol. The van der Waals surface area contributed by atoms with E-state index >= 15 is 0 Å². The smallest absolute Gasteiger partial charge is 0.122 e. The molecular weight excluding hydrogens is 402 g/mol. The number of ether oxygens (including phenoxy) is 1. The molecule has 0 amide bonds. The Hall–Kier alpha value is -1.02. The molecule has 0 aliphatic carbocycles. The molecule has 1 N–H and O–H groups in total. The van der Waals surface area contributed by atoms with Crippen LogP contribution < -0.4 is 10.1 Å². The number of rotatable bonds is 22. The Bertz CT molecular complexity index is 580. The van der Waals surface area contributed by atoms with E-state index in [-0.39, 0.29) is 0 Å². The van der Waals surface area contributed by atoms with Gasteiger partial charge in [0.15, 0.2) is 0 Å². The lowest BCUT2D eigenvalue weighted by atomic mass is 9.88. The number of hydrogen-bond acceptors (Lipinski definition) is 2. The average molecular weight is 460 g/mol. The molecule has 0 fully saturated rings. The van der Waals surface area contributed by atoms with E-state index in [2.05, 4.69) is 58.1 Å². The molecule has 0 bridgehead atoms. The van der Waals surface area contributed by atoms with Crippen LogP contribution in [0.15, 0.2) is 18.2 Å². The van der Waals surface area contributed by atoms with Crippen LogP contribution in [0.3, 0.4) is 0 Å². The van der Waals surface area contributed by atoms with E-state index in [1.807, 2.05) is 0 Å². The molecule has 1 rings (SSSR count). The Morgan fingerprint density at radius 2 is 1.27 bits per heavy atom. The van der Waals surface area contributed by atoms with Crippen molar-refractivity contribution in [3.05, 3.63) is 29.3 Å². The lowest BCUT2D eigenvalue weighted by Crippen LogP contribution is -2.30. The predicted octanol–water partition coefficient (Wildman–Crippen LogP) is 9.56. The molecule has 0 heterocycles.